The van der Waals surface area contributed by atoms with Crippen LogP contribution >= 0.6 is 0 Å². The van der Waals surface area contributed by atoms with E-state index in [9.17, 15) is 9.59 Å². The Balaban J connectivity index is 1.97. The predicted molar refractivity (Wildman–Crippen MR) is 109 cm³/mol. The maximum absolute atomic E-state index is 13.0. The van der Waals surface area contributed by atoms with Gasteiger partial charge in [0.1, 0.15) is 0 Å². The van der Waals surface area contributed by atoms with Crippen LogP contribution in [-0.2, 0) is 0 Å². The summed E-state index contributed by atoms with van der Waals surface area (Å²) in [4.78, 5) is 25.8. The number of hydrogen-bond donors (Lipinski definition) is 0. The summed E-state index contributed by atoms with van der Waals surface area (Å²) in [6, 6.07) is 23.3. The van der Waals surface area contributed by atoms with Crippen molar-refractivity contribution in [3.8, 4) is 0 Å². The molecule has 0 atom stereocenters. The molecule has 0 heterocycles. The van der Waals surface area contributed by atoms with Crippen molar-refractivity contribution in [1.29, 1.82) is 0 Å². The SMILES string of the molecule is O=c1c2ccccc2c2c1ccc1c2ccc2c3ccccc3c(=O)c21. The van der Waals surface area contributed by atoms with Gasteiger partial charge in [-0.2, -0.15) is 0 Å². The molecule has 6 aromatic rings. The lowest BCUT2D eigenvalue weighted by molar-refractivity contribution is 1.80. The number of rotatable bonds is 0. The Kier molecular flexibility index (Phi) is 2.41. The molecule has 0 saturated carbocycles. The van der Waals surface area contributed by atoms with Gasteiger partial charge in [-0.25, -0.2) is 0 Å². The van der Waals surface area contributed by atoms with E-state index in [-0.39, 0.29) is 10.9 Å². The minimum absolute atomic E-state index is 0.0626. The summed E-state index contributed by atoms with van der Waals surface area (Å²) in [6.07, 6.45) is 0. The first-order valence-corrected chi connectivity index (χ1v) is 8.63. The lowest BCUT2D eigenvalue weighted by atomic mass is 9.99. The van der Waals surface area contributed by atoms with E-state index in [1.54, 1.807) is 0 Å². The van der Waals surface area contributed by atoms with Gasteiger partial charge in [0.15, 0.2) is 10.9 Å². The van der Waals surface area contributed by atoms with Gasteiger partial charge in [-0.3, -0.25) is 9.59 Å². The van der Waals surface area contributed by atoms with Crippen LogP contribution < -0.4 is 10.9 Å². The monoisotopic (exact) mass is 332 g/mol. The lowest BCUT2D eigenvalue weighted by Gasteiger charge is -2.03. The molecule has 6 aromatic carbocycles. The normalized spacial score (nSPS) is 12.2. The van der Waals surface area contributed by atoms with Gasteiger partial charge in [-0.05, 0) is 33.0 Å². The Morgan fingerprint density at radius 1 is 0.346 bits per heavy atom. The van der Waals surface area contributed by atoms with Gasteiger partial charge in [0.25, 0.3) is 0 Å². The molecule has 2 heteroatoms. The van der Waals surface area contributed by atoms with Crippen molar-refractivity contribution in [2.24, 2.45) is 0 Å². The molecule has 0 aromatic heterocycles. The first kappa shape index (κ1) is 13.7. The third kappa shape index (κ3) is 1.48. The Hall–Kier alpha value is -3.52. The summed E-state index contributed by atoms with van der Waals surface area (Å²) in [5.41, 5.74) is 0.131. The van der Waals surface area contributed by atoms with Gasteiger partial charge in [-0.1, -0.05) is 66.7 Å². The molecule has 6 rings (SSSR count). The minimum Gasteiger partial charge on any atom is -0.289 e. The van der Waals surface area contributed by atoms with Crippen molar-refractivity contribution in [1.82, 2.24) is 0 Å². The van der Waals surface area contributed by atoms with Crippen LogP contribution in [0, 0.1) is 0 Å². The predicted octanol–water partition coefficient (Wildman–Crippen LogP) is 5.05. The average molecular weight is 332 g/mol. The first-order valence-electron chi connectivity index (χ1n) is 8.63. The minimum atomic E-state index is 0.0626. The zero-order valence-electron chi connectivity index (χ0n) is 13.7. The van der Waals surface area contributed by atoms with Crippen LogP contribution in [0.25, 0.3) is 53.9 Å². The van der Waals surface area contributed by atoms with Crippen LogP contribution in [-0.4, -0.2) is 0 Å². The molecule has 0 saturated heterocycles. The largest absolute Gasteiger partial charge is 0.289 e. The van der Waals surface area contributed by atoms with Crippen molar-refractivity contribution < 1.29 is 0 Å². The molecular formula is C24H12O2. The maximum atomic E-state index is 13.0. The third-order valence-corrected chi connectivity index (χ3v) is 5.58. The van der Waals surface area contributed by atoms with Crippen LogP contribution in [0.3, 0.4) is 0 Å². The van der Waals surface area contributed by atoms with Crippen molar-refractivity contribution in [3.63, 3.8) is 0 Å². The van der Waals surface area contributed by atoms with Gasteiger partial charge in [-0.15, -0.1) is 0 Å². The summed E-state index contributed by atoms with van der Waals surface area (Å²) in [5.74, 6) is 0. The van der Waals surface area contributed by atoms with E-state index < -0.39 is 0 Å². The van der Waals surface area contributed by atoms with Gasteiger partial charge in [0, 0.05) is 26.9 Å². The number of hydrogen-bond acceptors (Lipinski definition) is 2. The molecule has 120 valence electrons. The molecule has 0 aliphatic carbocycles. The van der Waals surface area contributed by atoms with Crippen molar-refractivity contribution in [2.45, 2.75) is 0 Å². The van der Waals surface area contributed by atoms with E-state index in [1.807, 2.05) is 66.7 Å². The fourth-order valence-corrected chi connectivity index (χ4v) is 4.45. The van der Waals surface area contributed by atoms with E-state index in [4.69, 9.17) is 0 Å². The van der Waals surface area contributed by atoms with Gasteiger partial charge < -0.3 is 0 Å². The highest BCUT2D eigenvalue weighted by molar-refractivity contribution is 6.29. The second-order valence-corrected chi connectivity index (χ2v) is 6.82. The molecule has 0 radical (unpaired) electrons. The fraction of sp³-hybridized carbons (Fsp3) is 0. The molecule has 0 spiro atoms. The van der Waals surface area contributed by atoms with Gasteiger partial charge in [0.2, 0.25) is 0 Å². The molecule has 0 fully saturated rings. The van der Waals surface area contributed by atoms with Gasteiger partial charge >= 0.3 is 0 Å². The maximum Gasteiger partial charge on any atom is 0.194 e. The summed E-state index contributed by atoms with van der Waals surface area (Å²) >= 11 is 0. The van der Waals surface area contributed by atoms with Crippen molar-refractivity contribution >= 4 is 53.9 Å². The molecule has 0 amide bonds. The van der Waals surface area contributed by atoms with Crippen LogP contribution in [0.4, 0.5) is 0 Å². The summed E-state index contributed by atoms with van der Waals surface area (Å²) in [5, 5.41) is 8.76. The molecule has 0 unspecified atom stereocenters. The lowest BCUT2D eigenvalue weighted by Crippen LogP contribution is -1.95. The zero-order chi connectivity index (χ0) is 17.4. The molecule has 0 aliphatic rings. The fourth-order valence-electron chi connectivity index (χ4n) is 4.45. The Morgan fingerprint density at radius 3 is 1.46 bits per heavy atom. The van der Waals surface area contributed by atoms with Gasteiger partial charge in [0.05, 0.1) is 0 Å². The first-order chi connectivity index (χ1) is 12.8. The molecule has 0 N–H and O–H groups in total. The number of benzene rings is 4. The Morgan fingerprint density at radius 2 is 0.769 bits per heavy atom. The Labute approximate surface area is 147 Å². The third-order valence-electron chi connectivity index (χ3n) is 5.58. The smallest absolute Gasteiger partial charge is 0.194 e. The van der Waals surface area contributed by atoms with Crippen molar-refractivity contribution in [2.75, 3.05) is 0 Å². The number of fused-ring (bicyclic) bond motifs is 9. The van der Waals surface area contributed by atoms with E-state index in [1.165, 1.54) is 0 Å². The van der Waals surface area contributed by atoms with E-state index in [2.05, 4.69) is 6.07 Å². The second-order valence-electron chi connectivity index (χ2n) is 6.82. The highest BCUT2D eigenvalue weighted by atomic mass is 16.1. The van der Waals surface area contributed by atoms with E-state index in [0.717, 1.165) is 53.9 Å². The topological polar surface area (TPSA) is 34.1 Å². The standard InChI is InChI=1S/C24H12O2/c25-23-19-8-4-2-6-14(19)21-16-10-9-15-13-5-1-3-7-18(13)24(26)22(15)17(16)11-12-20(21)23/h1-12H. The van der Waals surface area contributed by atoms with Crippen LogP contribution in [0.15, 0.2) is 82.4 Å². The average Bonchev–Trinajstić information content (AvgIpc) is 3.15. The van der Waals surface area contributed by atoms with E-state index >= 15 is 0 Å². The summed E-state index contributed by atoms with van der Waals surface area (Å²) in [7, 11) is 0. The van der Waals surface area contributed by atoms with Crippen LogP contribution in [0.5, 0.6) is 0 Å². The van der Waals surface area contributed by atoms with Crippen molar-refractivity contribution in [3.05, 3.63) is 93.2 Å². The summed E-state index contributed by atoms with van der Waals surface area (Å²) < 4.78 is 0. The molecule has 26 heavy (non-hydrogen) atoms. The second kappa shape index (κ2) is 4.55. The van der Waals surface area contributed by atoms with Crippen LogP contribution in [0.2, 0.25) is 0 Å². The molecular weight excluding hydrogens is 320 g/mol. The molecule has 2 nitrogen and oxygen atoms in total. The highest BCUT2D eigenvalue weighted by Gasteiger charge is 2.17. The zero-order valence-corrected chi connectivity index (χ0v) is 13.7. The van der Waals surface area contributed by atoms with Crippen LogP contribution in [0.1, 0.15) is 0 Å². The quantitative estimate of drug-likeness (QED) is 0.390. The molecule has 0 bridgehead atoms. The summed E-state index contributed by atoms with van der Waals surface area (Å²) in [6.45, 7) is 0. The van der Waals surface area contributed by atoms with E-state index in [0.29, 0.717) is 0 Å². The Bertz CT molecular complexity index is 1610. The highest BCUT2D eigenvalue weighted by Crippen LogP contribution is 2.36. The molecule has 0 aliphatic heterocycles.